The van der Waals surface area contributed by atoms with Gasteiger partial charge in [0.05, 0.1) is 11.6 Å². The zero-order valence-electron chi connectivity index (χ0n) is 18.4. The molecule has 1 N–H and O–H groups in total. The third-order valence-corrected chi connectivity index (χ3v) is 9.00. The topological polar surface area (TPSA) is 34.1 Å². The predicted molar refractivity (Wildman–Crippen MR) is 136 cm³/mol. The highest BCUT2D eigenvalue weighted by Crippen LogP contribution is 2.50. The van der Waals surface area contributed by atoms with Crippen LogP contribution in [0.1, 0.15) is 45.1 Å². The minimum Gasteiger partial charge on any atom is -0.490 e. The van der Waals surface area contributed by atoms with Crippen molar-refractivity contribution in [2.75, 3.05) is 6.61 Å². The quantitative estimate of drug-likeness (QED) is 0.373. The zero-order valence-corrected chi connectivity index (χ0v) is 20.5. The average molecular weight is 532 g/mol. The van der Waals surface area contributed by atoms with Crippen LogP contribution in [0.25, 0.3) is 10.9 Å². The Bertz CT molecular complexity index is 1070. The number of hydrogen-bond donors (Lipinski definition) is 1. The van der Waals surface area contributed by atoms with E-state index in [-0.39, 0.29) is 33.4 Å². The normalized spacial score (nSPS) is 23.1. The number of para-hydroxylation sites is 1. The molecule has 1 aromatic carbocycles. The minimum absolute atomic E-state index is 0.107. The van der Waals surface area contributed by atoms with E-state index in [2.05, 4.69) is 58.2 Å². The van der Waals surface area contributed by atoms with Crippen molar-refractivity contribution < 1.29 is 9.13 Å². The second-order valence-electron chi connectivity index (χ2n) is 8.70. The van der Waals surface area contributed by atoms with E-state index in [0.29, 0.717) is 18.3 Å². The van der Waals surface area contributed by atoms with Gasteiger partial charge >= 0.3 is 0 Å². The van der Waals surface area contributed by atoms with Gasteiger partial charge in [-0.15, -0.1) is 0 Å². The van der Waals surface area contributed by atoms with Crippen molar-refractivity contribution in [3.05, 3.63) is 76.4 Å². The largest absolute Gasteiger partial charge is 0.490 e. The minimum atomic E-state index is -1.27. The van der Waals surface area contributed by atoms with Crippen LogP contribution in [0, 0.1) is 5.92 Å². The maximum atomic E-state index is 14.0. The van der Waals surface area contributed by atoms with Crippen LogP contribution in [0.5, 0.6) is 0 Å². The van der Waals surface area contributed by atoms with Gasteiger partial charge in [0.25, 0.3) is 0 Å². The van der Waals surface area contributed by atoms with Gasteiger partial charge in [-0.25, -0.2) is 4.39 Å². The van der Waals surface area contributed by atoms with Crippen molar-refractivity contribution in [1.82, 2.24) is 10.3 Å². The van der Waals surface area contributed by atoms with Crippen LogP contribution in [0.3, 0.4) is 0 Å². The van der Waals surface area contributed by atoms with Crippen molar-refractivity contribution in [3.8, 4) is 0 Å². The van der Waals surface area contributed by atoms with E-state index in [9.17, 15) is 4.39 Å². The molecule has 4 rings (SSSR count). The Morgan fingerprint density at radius 1 is 1.39 bits per heavy atom. The maximum absolute atomic E-state index is 14.0. The summed E-state index contributed by atoms with van der Waals surface area (Å²) >= 11 is -0.286. The van der Waals surface area contributed by atoms with Gasteiger partial charge in [-0.2, -0.15) is 0 Å². The predicted octanol–water partition coefficient (Wildman–Crippen LogP) is 6.54. The summed E-state index contributed by atoms with van der Waals surface area (Å²) in [6.45, 7) is 10.1. The maximum Gasteiger partial charge on any atom is 0.141 e. The fraction of sp³-hybridized carbons (Fsp3) is 0.385. The summed E-state index contributed by atoms with van der Waals surface area (Å²) in [7, 11) is 0. The molecular formula is C26H30FIN2O. The van der Waals surface area contributed by atoms with Crippen LogP contribution in [0.2, 0.25) is 0 Å². The third kappa shape index (κ3) is 5.43. The van der Waals surface area contributed by atoms with Gasteiger partial charge in [0.1, 0.15) is 18.0 Å². The van der Waals surface area contributed by atoms with E-state index in [0.717, 1.165) is 23.4 Å². The lowest BCUT2D eigenvalue weighted by Gasteiger charge is -2.21. The van der Waals surface area contributed by atoms with Gasteiger partial charge in [0, 0.05) is 30.8 Å². The molecule has 164 valence electrons. The van der Waals surface area contributed by atoms with Crippen LogP contribution in [0.4, 0.5) is 4.39 Å². The Balaban J connectivity index is 1.31. The molecule has 1 fully saturated rings. The first-order valence-electron chi connectivity index (χ1n) is 10.9. The standard InChI is InChI=1S/C26H30FIN2O/c1-5-26(4,27)16-31-21-10-11-24(28-14-21)18(3)30-17(2)22-13-23(22)20-12-19-8-6-7-9-25(19)29-15-20/h6-12,14-15,18,22-23,30H,2,5,13,16H2,1,3-4H3/t18-,22?,23?,26?/m1/s1. The summed E-state index contributed by atoms with van der Waals surface area (Å²) in [5.41, 5.74) is 2.18. The van der Waals surface area contributed by atoms with Crippen LogP contribution in [-0.2, 0) is 4.74 Å². The smallest absolute Gasteiger partial charge is 0.141 e. The molecule has 1 aromatic heterocycles. The molecule has 4 atom stereocenters. The molecule has 2 aromatic rings. The van der Waals surface area contributed by atoms with E-state index in [1.807, 2.05) is 25.3 Å². The second-order valence-corrected chi connectivity index (χ2v) is 11.2. The van der Waals surface area contributed by atoms with Gasteiger partial charge in [-0.3, -0.25) is 4.98 Å². The number of alkyl halides is 1. The van der Waals surface area contributed by atoms with E-state index in [4.69, 9.17) is 4.74 Å². The van der Waals surface area contributed by atoms with Crippen LogP contribution < -0.4 is 5.32 Å². The summed E-state index contributed by atoms with van der Waals surface area (Å²) in [5, 5.41) is 4.82. The Kier molecular flexibility index (Phi) is 6.60. The second kappa shape index (κ2) is 9.23. The SMILES string of the molecule is C=C(N[C@H](C)C1=IC=C(OCC(C)(F)CC)C=C1)C1CC1c1cnc2ccccc2c1. The lowest BCUT2D eigenvalue weighted by Crippen LogP contribution is -2.32. The van der Waals surface area contributed by atoms with Crippen molar-refractivity contribution in [2.45, 2.75) is 51.2 Å². The number of ether oxygens (including phenoxy) is 1. The summed E-state index contributed by atoms with van der Waals surface area (Å²) < 4.78 is 23.2. The highest BCUT2D eigenvalue weighted by molar-refractivity contribution is 14.2. The Morgan fingerprint density at radius 2 is 2.19 bits per heavy atom. The molecule has 0 bridgehead atoms. The fourth-order valence-electron chi connectivity index (χ4n) is 3.70. The molecule has 3 nitrogen and oxygen atoms in total. The molecule has 1 aliphatic carbocycles. The molecule has 3 unspecified atom stereocenters. The van der Waals surface area contributed by atoms with Crippen molar-refractivity contribution in [2.24, 2.45) is 5.92 Å². The fourth-order valence-corrected chi connectivity index (χ4v) is 5.84. The van der Waals surface area contributed by atoms with Crippen LogP contribution in [0.15, 0.2) is 70.8 Å². The number of halogens is 2. The molecular weight excluding hydrogens is 502 g/mol. The number of benzene rings is 1. The van der Waals surface area contributed by atoms with E-state index >= 15 is 0 Å². The van der Waals surface area contributed by atoms with Gasteiger partial charge in [-0.1, -0.05) is 52.4 Å². The molecule has 0 spiro atoms. The number of aromatic nitrogens is 1. The number of rotatable bonds is 9. The number of fused-ring (bicyclic) bond motifs is 1. The van der Waals surface area contributed by atoms with E-state index in [1.54, 1.807) is 6.92 Å². The van der Waals surface area contributed by atoms with Crippen molar-refractivity contribution in [1.29, 1.82) is 0 Å². The molecule has 0 saturated heterocycles. The van der Waals surface area contributed by atoms with E-state index < -0.39 is 5.67 Å². The lowest BCUT2D eigenvalue weighted by atomic mass is 10.1. The molecule has 1 saturated carbocycles. The van der Waals surface area contributed by atoms with Crippen LogP contribution in [-0.4, -0.2) is 26.8 Å². The van der Waals surface area contributed by atoms with E-state index in [1.165, 1.54) is 14.5 Å². The first-order chi connectivity index (χ1) is 14.9. The van der Waals surface area contributed by atoms with Crippen molar-refractivity contribution >= 4 is 35.1 Å². The van der Waals surface area contributed by atoms with Crippen LogP contribution >= 0.6 is 20.7 Å². The average Bonchev–Trinajstić information content (AvgIpc) is 3.59. The number of nitrogens with one attached hydrogen (secondary N) is 1. The van der Waals surface area contributed by atoms with Gasteiger partial charge in [0.2, 0.25) is 0 Å². The summed E-state index contributed by atoms with van der Waals surface area (Å²) in [6.07, 6.45) is 7.69. The Hall–Kier alpha value is -2.02. The number of nitrogens with zero attached hydrogens (tertiary/aromatic N) is 1. The molecule has 31 heavy (non-hydrogen) atoms. The highest BCUT2D eigenvalue weighted by atomic mass is 127. The highest BCUT2D eigenvalue weighted by Gasteiger charge is 2.41. The summed E-state index contributed by atoms with van der Waals surface area (Å²) in [5.74, 6) is 1.76. The summed E-state index contributed by atoms with van der Waals surface area (Å²) in [6, 6.07) is 10.8. The van der Waals surface area contributed by atoms with Crippen molar-refractivity contribution in [3.63, 3.8) is 0 Å². The molecule has 2 aliphatic rings. The molecule has 0 amide bonds. The lowest BCUT2D eigenvalue weighted by molar-refractivity contribution is 0.0640. The number of allylic oxidation sites excluding steroid dienone is 2. The third-order valence-electron chi connectivity index (χ3n) is 6.07. The molecule has 0 radical (unpaired) electrons. The van der Waals surface area contributed by atoms with Gasteiger partial charge in [0.15, 0.2) is 0 Å². The van der Waals surface area contributed by atoms with Gasteiger partial charge in [-0.05, 0) is 62.5 Å². The number of hydrogen-bond acceptors (Lipinski definition) is 3. The molecule has 5 heteroatoms. The molecule has 2 heterocycles. The first kappa shape index (κ1) is 22.2. The first-order valence-corrected chi connectivity index (χ1v) is 13.2. The Morgan fingerprint density at radius 3 is 2.94 bits per heavy atom. The van der Waals surface area contributed by atoms with Gasteiger partial charge < -0.3 is 10.1 Å². The molecule has 1 aliphatic heterocycles. The Labute approximate surface area is 194 Å². The zero-order chi connectivity index (χ0) is 22.0. The summed E-state index contributed by atoms with van der Waals surface area (Å²) in [4.78, 5) is 4.61. The monoisotopic (exact) mass is 532 g/mol. The number of pyridine rings is 1.